The molecule has 0 aliphatic heterocycles. The minimum atomic E-state index is -5.08. The van der Waals surface area contributed by atoms with Gasteiger partial charge in [0, 0.05) is 22.7 Å². The monoisotopic (exact) mass is 487 g/mol. The number of carbonyl (C=O) groups excluding carboxylic acids is 1. The van der Waals surface area contributed by atoms with Gasteiger partial charge >= 0.3 is 12.1 Å². The first-order valence-electron chi connectivity index (χ1n) is 10.4. The maximum atomic E-state index is 13.9. The van der Waals surface area contributed by atoms with Crippen LogP contribution in [0.3, 0.4) is 0 Å². The van der Waals surface area contributed by atoms with Gasteiger partial charge in [0.1, 0.15) is 11.7 Å². The predicted molar refractivity (Wildman–Crippen MR) is 122 cm³/mol. The highest BCUT2D eigenvalue weighted by atomic mass is 19.4. The fourth-order valence-corrected chi connectivity index (χ4v) is 3.45. The van der Waals surface area contributed by atoms with E-state index in [1.54, 1.807) is 48.5 Å². The van der Waals surface area contributed by atoms with Crippen molar-refractivity contribution in [2.75, 3.05) is 5.32 Å². The maximum absolute atomic E-state index is 13.9. The van der Waals surface area contributed by atoms with E-state index in [9.17, 15) is 22.4 Å². The van der Waals surface area contributed by atoms with Crippen LogP contribution < -0.4 is 11.1 Å². The second-order valence-corrected chi connectivity index (χ2v) is 7.84. The summed E-state index contributed by atoms with van der Waals surface area (Å²) in [5.41, 5.74) is 9.24. The van der Waals surface area contributed by atoms with Gasteiger partial charge in [-0.3, -0.25) is 10.2 Å². The molecule has 0 radical (unpaired) electrons. The van der Waals surface area contributed by atoms with E-state index in [0.29, 0.717) is 16.8 Å². The van der Waals surface area contributed by atoms with Crippen molar-refractivity contribution in [3.63, 3.8) is 0 Å². The largest absolute Gasteiger partial charge is 0.490 e. The highest BCUT2D eigenvalue weighted by molar-refractivity contribution is 5.96. The SMILES string of the molecule is N=C(N)c1cccc([C@H]2C[C@H]2C(=O)Nc2ccc(-c3ccccc3F)cc2)c1.O=C(O)C(F)(F)F. The van der Waals surface area contributed by atoms with Crippen LogP contribution in [0.1, 0.15) is 23.5 Å². The fourth-order valence-electron chi connectivity index (χ4n) is 3.45. The molecule has 0 bridgehead atoms. The van der Waals surface area contributed by atoms with Crippen molar-refractivity contribution in [3.8, 4) is 11.1 Å². The zero-order chi connectivity index (χ0) is 25.8. The summed E-state index contributed by atoms with van der Waals surface area (Å²) in [6.07, 6.45) is -4.31. The molecule has 10 heteroatoms. The highest BCUT2D eigenvalue weighted by Crippen LogP contribution is 2.48. The molecular formula is C25H21F4N3O3. The van der Waals surface area contributed by atoms with Gasteiger partial charge in [-0.05, 0) is 47.7 Å². The van der Waals surface area contributed by atoms with Gasteiger partial charge in [-0.2, -0.15) is 13.2 Å². The Bertz CT molecular complexity index is 1240. The molecule has 0 saturated heterocycles. The van der Waals surface area contributed by atoms with Gasteiger partial charge in [0.15, 0.2) is 0 Å². The molecule has 5 N–H and O–H groups in total. The van der Waals surface area contributed by atoms with Crippen LogP contribution in [-0.2, 0) is 9.59 Å². The quantitative estimate of drug-likeness (QED) is 0.226. The topological polar surface area (TPSA) is 116 Å². The van der Waals surface area contributed by atoms with Crippen molar-refractivity contribution in [2.24, 2.45) is 11.7 Å². The average Bonchev–Trinajstić information content (AvgIpc) is 3.61. The first-order valence-corrected chi connectivity index (χ1v) is 10.4. The van der Waals surface area contributed by atoms with Crippen LogP contribution in [0.15, 0.2) is 72.8 Å². The molecule has 3 aromatic rings. The third kappa shape index (κ3) is 6.66. The van der Waals surface area contributed by atoms with E-state index in [1.807, 2.05) is 18.2 Å². The Morgan fingerprint density at radius 2 is 1.63 bits per heavy atom. The van der Waals surface area contributed by atoms with Crippen LogP contribution >= 0.6 is 0 Å². The van der Waals surface area contributed by atoms with Gasteiger partial charge in [-0.15, -0.1) is 0 Å². The summed E-state index contributed by atoms with van der Waals surface area (Å²) >= 11 is 0. The number of benzene rings is 3. The standard InChI is InChI=1S/C23H20FN3O.C2HF3O2/c24-21-7-2-1-6-18(21)14-8-10-17(11-9-14)27-23(28)20-13-19(20)15-4-3-5-16(12-15)22(25)26;3-2(4,5)1(6)7/h1-12,19-20H,13H2,(H3,25,26)(H,27,28);(H,6,7)/t19-,20-;/m1./s1. The van der Waals surface area contributed by atoms with Crippen molar-refractivity contribution in [2.45, 2.75) is 18.5 Å². The normalized spacial score (nSPS) is 16.5. The first-order chi connectivity index (χ1) is 16.5. The van der Waals surface area contributed by atoms with Gasteiger partial charge in [-0.25, -0.2) is 9.18 Å². The minimum absolute atomic E-state index is 0.0263. The zero-order valence-corrected chi connectivity index (χ0v) is 18.1. The number of hydrogen-bond donors (Lipinski definition) is 4. The Hall–Kier alpha value is -4.21. The molecule has 1 fully saturated rings. The second-order valence-electron chi connectivity index (χ2n) is 7.84. The van der Waals surface area contributed by atoms with Crippen LogP contribution in [-0.4, -0.2) is 29.0 Å². The summed E-state index contributed by atoms with van der Waals surface area (Å²) in [7, 11) is 0. The number of aliphatic carboxylic acids is 1. The summed E-state index contributed by atoms with van der Waals surface area (Å²) < 4.78 is 45.6. The number of alkyl halides is 3. The highest BCUT2D eigenvalue weighted by Gasteiger charge is 2.44. The van der Waals surface area contributed by atoms with Gasteiger partial charge in [0.2, 0.25) is 5.91 Å². The Morgan fingerprint density at radius 3 is 2.20 bits per heavy atom. The Balaban J connectivity index is 0.000000429. The number of nitrogens with two attached hydrogens (primary N) is 1. The van der Waals surface area contributed by atoms with Gasteiger partial charge in [0.05, 0.1) is 0 Å². The van der Waals surface area contributed by atoms with Gasteiger partial charge in [0.25, 0.3) is 0 Å². The van der Waals surface area contributed by atoms with Crippen LogP contribution in [0.5, 0.6) is 0 Å². The smallest absolute Gasteiger partial charge is 0.475 e. The molecule has 1 amide bonds. The number of amidine groups is 1. The molecule has 0 spiro atoms. The molecule has 35 heavy (non-hydrogen) atoms. The number of carbonyl (C=O) groups is 2. The molecule has 0 heterocycles. The lowest BCUT2D eigenvalue weighted by Gasteiger charge is -2.08. The number of hydrogen-bond acceptors (Lipinski definition) is 3. The molecular weight excluding hydrogens is 466 g/mol. The summed E-state index contributed by atoms with van der Waals surface area (Å²) in [6, 6.07) is 21.3. The fraction of sp³-hybridized carbons (Fsp3) is 0.160. The number of nitrogen functional groups attached to an aromatic ring is 1. The van der Waals surface area contributed by atoms with E-state index < -0.39 is 12.1 Å². The average molecular weight is 487 g/mol. The first kappa shape index (κ1) is 25.4. The molecule has 1 aliphatic carbocycles. The number of halogens is 4. The van der Waals surface area contributed by atoms with Crippen molar-refractivity contribution in [1.82, 2.24) is 0 Å². The van der Waals surface area contributed by atoms with E-state index in [4.69, 9.17) is 21.0 Å². The van der Waals surface area contributed by atoms with E-state index in [2.05, 4.69) is 5.32 Å². The van der Waals surface area contributed by atoms with Crippen LogP contribution in [0.25, 0.3) is 11.1 Å². The van der Waals surface area contributed by atoms with E-state index in [0.717, 1.165) is 17.5 Å². The lowest BCUT2D eigenvalue weighted by atomic mass is 10.0. The lowest BCUT2D eigenvalue weighted by molar-refractivity contribution is -0.192. The van der Waals surface area contributed by atoms with E-state index >= 15 is 0 Å². The molecule has 182 valence electrons. The summed E-state index contributed by atoms with van der Waals surface area (Å²) in [5.74, 6) is -2.97. The Kier molecular flexibility index (Phi) is 7.53. The summed E-state index contributed by atoms with van der Waals surface area (Å²) in [6.45, 7) is 0. The zero-order valence-electron chi connectivity index (χ0n) is 18.1. The van der Waals surface area contributed by atoms with Gasteiger partial charge in [-0.1, -0.05) is 48.5 Å². The summed E-state index contributed by atoms with van der Waals surface area (Å²) in [5, 5.41) is 17.6. The number of nitrogens with one attached hydrogen (secondary N) is 2. The molecule has 6 nitrogen and oxygen atoms in total. The van der Waals surface area contributed by atoms with Crippen molar-refractivity contribution in [3.05, 3.63) is 89.7 Å². The molecule has 0 aromatic heterocycles. The Labute approximate surface area is 197 Å². The summed E-state index contributed by atoms with van der Waals surface area (Å²) in [4.78, 5) is 21.4. The predicted octanol–water partition coefficient (Wildman–Crippen LogP) is 5.15. The van der Waals surface area contributed by atoms with E-state index in [1.165, 1.54) is 6.07 Å². The number of carboxylic acids is 1. The number of amides is 1. The van der Waals surface area contributed by atoms with Crippen LogP contribution in [0, 0.1) is 17.1 Å². The van der Waals surface area contributed by atoms with Crippen molar-refractivity contribution in [1.29, 1.82) is 5.41 Å². The molecule has 4 rings (SSSR count). The molecule has 1 aliphatic rings. The van der Waals surface area contributed by atoms with Crippen LogP contribution in [0.4, 0.5) is 23.2 Å². The van der Waals surface area contributed by atoms with Crippen molar-refractivity contribution >= 4 is 23.4 Å². The van der Waals surface area contributed by atoms with Crippen LogP contribution in [0.2, 0.25) is 0 Å². The number of anilines is 1. The third-order valence-corrected chi connectivity index (χ3v) is 5.33. The molecule has 2 atom stereocenters. The number of carboxylic acid groups (broad SMARTS) is 1. The Morgan fingerprint density at radius 1 is 1.00 bits per heavy atom. The number of rotatable bonds is 5. The molecule has 1 saturated carbocycles. The van der Waals surface area contributed by atoms with E-state index in [-0.39, 0.29) is 29.4 Å². The third-order valence-electron chi connectivity index (χ3n) is 5.33. The van der Waals surface area contributed by atoms with Gasteiger partial charge < -0.3 is 16.2 Å². The molecule has 0 unspecified atom stereocenters. The minimum Gasteiger partial charge on any atom is -0.475 e. The molecule has 3 aromatic carbocycles. The maximum Gasteiger partial charge on any atom is 0.490 e. The second kappa shape index (κ2) is 10.4. The lowest BCUT2D eigenvalue weighted by Crippen LogP contribution is -2.21. The van der Waals surface area contributed by atoms with Crippen molar-refractivity contribution < 1.29 is 32.3 Å².